The maximum absolute atomic E-state index is 13.9. The molecule has 1 aliphatic rings. The second-order valence-corrected chi connectivity index (χ2v) is 21.0. The van der Waals surface area contributed by atoms with Gasteiger partial charge in [-0.15, -0.1) is 0 Å². The van der Waals surface area contributed by atoms with Gasteiger partial charge in [0.25, 0.3) is 0 Å². The highest BCUT2D eigenvalue weighted by Gasteiger charge is 2.34. The first kappa shape index (κ1) is 69.4. The number of carbonyl (C=O) groups is 11. The Morgan fingerprint density at radius 3 is 1.54 bits per heavy atom. The molecule has 0 unspecified atom stereocenters. The van der Waals surface area contributed by atoms with Crippen LogP contribution in [0, 0.1) is 17.8 Å². The number of H-pyrrole nitrogens is 1. The zero-order chi connectivity index (χ0) is 62.6. The Morgan fingerprint density at radius 2 is 1.06 bits per heavy atom. The van der Waals surface area contributed by atoms with Gasteiger partial charge < -0.3 is 67.3 Å². The van der Waals surface area contributed by atoms with Gasteiger partial charge in [0, 0.05) is 108 Å². The second kappa shape index (κ2) is 35.9. The summed E-state index contributed by atoms with van der Waals surface area (Å²) in [5, 5.41) is 80.2. The monoisotopic (exact) mass is 1210 g/mol. The molecule has 3 amide bonds. The third-order valence-corrected chi connectivity index (χ3v) is 14.1. The Bertz CT molecular complexity index is 2730. The molecule has 0 aliphatic carbocycles. The lowest BCUT2D eigenvalue weighted by Gasteiger charge is -2.33. The SMILES string of the molecule is C[C@H](NC(=O)[C@H](CC(=O)O)CC(=O)CNC(=S)Nc1ccc(CN2CCN(CC(=O)O)CCN(CC(=O)O)CCN(CC(=O)O)CC2)cc1)C(=O)C[C@@H](Cc1cnc[nH]1)C(=O)N[C@@H](CO)C(=O)C[C@@H](Cc1ccccc1)C(=O)N[C@@H](CO)C(=O)O. The second-order valence-electron chi connectivity index (χ2n) is 20.6. The number of carbonyl (C=O) groups excluding carboxylic acids is 6. The van der Waals surface area contributed by atoms with Crippen LogP contribution in [0.25, 0.3) is 0 Å². The predicted molar refractivity (Wildman–Crippen MR) is 305 cm³/mol. The van der Waals surface area contributed by atoms with E-state index in [1.807, 2.05) is 12.1 Å². The third kappa shape index (κ3) is 26.1. The van der Waals surface area contributed by atoms with Crippen LogP contribution in [0.1, 0.15) is 49.4 Å². The van der Waals surface area contributed by atoms with Crippen LogP contribution >= 0.6 is 12.2 Å². The van der Waals surface area contributed by atoms with Gasteiger partial charge in [-0.2, -0.15) is 0 Å². The molecule has 1 aliphatic heterocycles. The van der Waals surface area contributed by atoms with Crippen molar-refractivity contribution in [3.8, 4) is 0 Å². The van der Waals surface area contributed by atoms with Gasteiger partial charge in [-0.3, -0.25) is 67.5 Å². The van der Waals surface area contributed by atoms with Gasteiger partial charge >= 0.3 is 29.8 Å². The van der Waals surface area contributed by atoms with E-state index in [1.54, 1.807) is 57.2 Å². The van der Waals surface area contributed by atoms with Gasteiger partial charge in [0.15, 0.2) is 22.5 Å². The van der Waals surface area contributed by atoms with E-state index in [0.717, 1.165) is 5.56 Å². The van der Waals surface area contributed by atoms with Crippen LogP contribution in [0.2, 0.25) is 0 Å². The molecule has 85 heavy (non-hydrogen) atoms. The number of amides is 3. The number of Topliss-reactive ketones (excluding diaryl/α,β-unsaturated/α-hetero) is 3. The number of hydrogen-bond donors (Lipinski definition) is 13. The van der Waals surface area contributed by atoms with E-state index < -0.39 is 146 Å². The van der Waals surface area contributed by atoms with E-state index in [2.05, 4.69) is 41.5 Å². The smallest absolute Gasteiger partial charge is 0.328 e. The average Bonchev–Trinajstić information content (AvgIpc) is 4.16. The highest BCUT2D eigenvalue weighted by atomic mass is 32.1. The molecule has 2 aromatic carbocycles. The lowest BCUT2D eigenvalue weighted by Crippen LogP contribution is -2.50. The Hall–Kier alpha value is -8.13. The third-order valence-electron chi connectivity index (χ3n) is 13.8. The van der Waals surface area contributed by atoms with Gasteiger partial charge in [-0.05, 0) is 48.8 Å². The predicted octanol–water partition coefficient (Wildman–Crippen LogP) is -2.10. The maximum atomic E-state index is 13.9. The van der Waals surface area contributed by atoms with Crippen LogP contribution in [0.4, 0.5) is 5.69 Å². The number of anilines is 1. The number of aliphatic hydroxyl groups excluding tert-OH is 2. The summed E-state index contributed by atoms with van der Waals surface area (Å²) in [6, 6.07) is 10.9. The molecule has 13 N–H and O–H groups in total. The molecule has 6 atom stereocenters. The van der Waals surface area contributed by atoms with Gasteiger partial charge in [0.05, 0.1) is 70.0 Å². The van der Waals surface area contributed by atoms with Crippen LogP contribution in [-0.2, 0) is 72.1 Å². The van der Waals surface area contributed by atoms with Crippen LogP contribution in [0.5, 0.6) is 0 Å². The molecule has 0 radical (unpaired) electrons. The summed E-state index contributed by atoms with van der Waals surface area (Å²) in [5.74, 6) is -14.8. The zero-order valence-corrected chi connectivity index (χ0v) is 47.7. The summed E-state index contributed by atoms with van der Waals surface area (Å²) in [6.07, 6.45) is -0.0251. The number of ketones is 3. The molecule has 1 fully saturated rings. The van der Waals surface area contributed by atoms with E-state index in [-0.39, 0.29) is 63.8 Å². The number of hydrogen-bond acceptors (Lipinski definition) is 19. The number of benzene rings is 2. The molecule has 1 saturated heterocycles. The van der Waals surface area contributed by atoms with Crippen molar-refractivity contribution in [2.75, 3.05) is 97.1 Å². The molecule has 30 heteroatoms. The molecule has 4 rings (SSSR count). The first-order valence-electron chi connectivity index (χ1n) is 27.3. The van der Waals surface area contributed by atoms with Crippen molar-refractivity contribution in [2.45, 2.75) is 70.1 Å². The van der Waals surface area contributed by atoms with E-state index in [0.29, 0.717) is 49.7 Å². The summed E-state index contributed by atoms with van der Waals surface area (Å²) in [5.41, 5.74) is 2.36. The number of aromatic amines is 1. The van der Waals surface area contributed by atoms with E-state index in [4.69, 9.17) is 12.2 Å². The van der Waals surface area contributed by atoms with Crippen molar-refractivity contribution in [3.05, 3.63) is 83.9 Å². The largest absolute Gasteiger partial charge is 0.481 e. The molecule has 1 aromatic heterocycles. The van der Waals surface area contributed by atoms with Gasteiger partial charge in [-0.25, -0.2) is 9.78 Å². The summed E-state index contributed by atoms with van der Waals surface area (Å²) >= 11 is 5.40. The van der Waals surface area contributed by atoms with Crippen LogP contribution in [0.3, 0.4) is 0 Å². The minimum atomic E-state index is -1.68. The molecule has 0 saturated carbocycles. The standard InChI is InChI=1S/C55H75N11O18S/c1-34(45(70)22-38(20-41-25-56-33-58-41)53(82)61-43(31-67)46(71)23-37(19-35-5-3-2-4-6-35)52(81)62-44(32-68)54(83)84)59-51(80)39(24-47(72)73)21-42(69)26-57-55(85)60-40-9-7-36(8-10-40)27-63-11-13-64(28-48(74)75)15-17-66(30-50(78)79)18-16-65(14-12-63)29-49(76)77/h2-10,25,33-34,37-39,43-44,67-68H,11-24,26-32H2,1H3,(H,56,58)(H,59,80)(H,61,82)(H,62,81)(H,72,73)(H,74,75)(H,76,77)(H,78,79)(H,83,84)(H2,57,60,85)/t34-,37+,38+,39-,43-,44-/m0/s1. The quantitative estimate of drug-likeness (QED) is 0.0285. The number of thiocarbonyl (C=S) groups is 1. The minimum Gasteiger partial charge on any atom is -0.481 e. The number of aliphatic hydroxyl groups is 2. The highest BCUT2D eigenvalue weighted by molar-refractivity contribution is 7.80. The van der Waals surface area contributed by atoms with Crippen molar-refractivity contribution in [3.63, 3.8) is 0 Å². The summed E-state index contributed by atoms with van der Waals surface area (Å²) < 4.78 is 0. The molecule has 464 valence electrons. The maximum Gasteiger partial charge on any atom is 0.328 e. The number of aliphatic carboxylic acids is 5. The van der Waals surface area contributed by atoms with E-state index in [1.165, 1.54) is 19.4 Å². The molecule has 3 aromatic rings. The van der Waals surface area contributed by atoms with Crippen LogP contribution < -0.4 is 26.6 Å². The normalized spacial score (nSPS) is 16.0. The zero-order valence-electron chi connectivity index (χ0n) is 46.9. The minimum absolute atomic E-state index is 0.00884. The lowest BCUT2D eigenvalue weighted by atomic mass is 9.90. The summed E-state index contributed by atoms with van der Waals surface area (Å²) in [7, 11) is 0. The van der Waals surface area contributed by atoms with Crippen LogP contribution in [-0.4, -0.2) is 245 Å². The molecule has 0 bridgehead atoms. The Kier molecular flexibility index (Phi) is 29.3. The average molecular weight is 1210 g/mol. The Morgan fingerprint density at radius 1 is 0.565 bits per heavy atom. The van der Waals surface area contributed by atoms with Crippen molar-refractivity contribution in [1.29, 1.82) is 0 Å². The number of carboxylic acid groups (broad SMARTS) is 5. The number of imidazole rings is 1. The van der Waals surface area contributed by atoms with Gasteiger partial charge in [-0.1, -0.05) is 42.5 Å². The van der Waals surface area contributed by atoms with Gasteiger partial charge in [0.2, 0.25) is 17.7 Å². The van der Waals surface area contributed by atoms with Gasteiger partial charge in [0.1, 0.15) is 12.1 Å². The topological polar surface area (TPSA) is 431 Å². The molecule has 29 nitrogen and oxygen atoms in total. The van der Waals surface area contributed by atoms with E-state index >= 15 is 0 Å². The fraction of sp³-hybridized carbons (Fsp3) is 0.509. The number of nitrogens with one attached hydrogen (secondary N) is 6. The Balaban J connectivity index is 1.34. The van der Waals surface area contributed by atoms with Crippen molar-refractivity contribution in [1.82, 2.24) is 50.8 Å². The first-order valence-corrected chi connectivity index (χ1v) is 27.7. The highest BCUT2D eigenvalue weighted by Crippen LogP contribution is 2.19. The van der Waals surface area contributed by atoms with E-state index in [9.17, 15) is 88.5 Å². The fourth-order valence-corrected chi connectivity index (χ4v) is 9.38. The van der Waals surface area contributed by atoms with Crippen molar-refractivity contribution < 1.29 is 88.5 Å². The van der Waals surface area contributed by atoms with Crippen molar-refractivity contribution in [2.24, 2.45) is 17.8 Å². The Labute approximate surface area is 494 Å². The fourth-order valence-electron chi connectivity index (χ4n) is 9.19. The number of aromatic nitrogens is 2. The summed E-state index contributed by atoms with van der Waals surface area (Å²) in [4.78, 5) is 154. The number of nitrogens with zero attached hydrogens (tertiary/aromatic N) is 5. The van der Waals surface area contributed by atoms with Crippen molar-refractivity contribution >= 4 is 87.9 Å². The molecular weight excluding hydrogens is 1130 g/mol. The lowest BCUT2D eigenvalue weighted by molar-refractivity contribution is -0.144. The molecular formula is C55H75N11O18S. The summed E-state index contributed by atoms with van der Waals surface area (Å²) in [6.45, 7) is 1.17. The number of carboxylic acids is 5. The first-order chi connectivity index (χ1) is 40.4. The van der Waals surface area contributed by atoms with Crippen LogP contribution in [0.15, 0.2) is 67.1 Å². The molecule has 0 spiro atoms. The number of rotatable bonds is 34. The molecule has 2 heterocycles.